The van der Waals surface area contributed by atoms with Crippen LogP contribution < -0.4 is 15.2 Å². The number of nitrogens with one attached hydrogen (secondary N) is 1. The molecular weight excluding hydrogens is 312 g/mol. The van der Waals surface area contributed by atoms with Crippen LogP contribution in [0.1, 0.15) is 38.2 Å². The second-order valence-electron chi connectivity index (χ2n) is 5.40. The summed E-state index contributed by atoms with van der Waals surface area (Å²) in [5, 5.41) is 9.30. The maximum atomic E-state index is 11.3. The lowest BCUT2D eigenvalue weighted by molar-refractivity contribution is -0.138. The van der Waals surface area contributed by atoms with Crippen LogP contribution in [0.2, 0.25) is 0 Å². The third-order valence-electron chi connectivity index (χ3n) is 3.35. The summed E-state index contributed by atoms with van der Waals surface area (Å²) in [4.78, 5) is 11.3. The predicted octanol–water partition coefficient (Wildman–Crippen LogP) is 2.84. The molecule has 0 saturated carbocycles. The number of benzene rings is 1. The molecule has 0 fully saturated rings. The fraction of sp³-hybridized carbons (Fsp3) is 0.588. The number of ether oxygens (including phenoxy) is 1. The van der Waals surface area contributed by atoms with Crippen molar-refractivity contribution < 1.29 is 14.6 Å². The van der Waals surface area contributed by atoms with Gasteiger partial charge in [-0.2, -0.15) is 0 Å². The lowest BCUT2D eigenvalue weighted by Gasteiger charge is -2.14. The molecule has 6 heteroatoms. The van der Waals surface area contributed by atoms with Crippen molar-refractivity contribution >= 4 is 17.9 Å². The maximum absolute atomic E-state index is 11.3. The molecule has 0 unspecified atom stereocenters. The van der Waals surface area contributed by atoms with Crippen molar-refractivity contribution in [3.8, 4) is 5.75 Å². The lowest BCUT2D eigenvalue weighted by Crippen LogP contribution is -2.34. The van der Waals surface area contributed by atoms with E-state index in [1.165, 1.54) is 11.9 Å². The Hall–Kier alpha value is -1.24. The molecule has 0 aromatic heterocycles. The van der Waals surface area contributed by atoms with Crippen LogP contribution in [0, 0.1) is 0 Å². The molecule has 0 heterocycles. The van der Waals surface area contributed by atoms with Gasteiger partial charge in [0.2, 0.25) is 0 Å². The zero-order chi connectivity index (χ0) is 16.9. The number of hydrogen-bond acceptors (Lipinski definition) is 5. The molecule has 1 aromatic carbocycles. The third-order valence-corrected chi connectivity index (χ3v) is 4.30. The first-order valence-corrected chi connectivity index (χ1v) is 9.17. The highest BCUT2D eigenvalue weighted by atomic mass is 32.2. The Kier molecular flexibility index (Phi) is 10.5. The van der Waals surface area contributed by atoms with Crippen LogP contribution >= 0.6 is 11.9 Å². The number of rotatable bonds is 13. The van der Waals surface area contributed by atoms with Gasteiger partial charge in [-0.15, -0.1) is 0 Å². The molecule has 1 aromatic rings. The number of carboxylic acid groups (broad SMARTS) is 1. The first-order chi connectivity index (χ1) is 11.2. The zero-order valence-electron chi connectivity index (χ0n) is 13.8. The standard InChI is InChI=1S/C17H28N2O3S/c1-2-3-12-23-19-16(17(20)21)13-14-6-8-15(9-7-14)22-11-5-4-10-18/h6-9,16,19H,2-5,10-13,18H2,1H3,(H,20,21)/t16-/m1/s1. The highest BCUT2D eigenvalue weighted by molar-refractivity contribution is 7.97. The van der Waals surface area contributed by atoms with Gasteiger partial charge in [-0.1, -0.05) is 37.4 Å². The molecule has 0 spiro atoms. The van der Waals surface area contributed by atoms with Crippen molar-refractivity contribution in [1.82, 2.24) is 4.72 Å². The Morgan fingerprint density at radius 3 is 2.65 bits per heavy atom. The molecule has 0 aliphatic carbocycles. The van der Waals surface area contributed by atoms with Crippen LogP contribution in [0.3, 0.4) is 0 Å². The van der Waals surface area contributed by atoms with Gasteiger partial charge in [-0.05, 0) is 49.9 Å². The van der Waals surface area contributed by atoms with Crippen molar-refractivity contribution in [1.29, 1.82) is 0 Å². The Bertz CT molecular complexity index is 440. The minimum atomic E-state index is -0.823. The lowest BCUT2D eigenvalue weighted by atomic mass is 10.1. The van der Waals surface area contributed by atoms with E-state index in [9.17, 15) is 9.90 Å². The molecule has 1 rings (SSSR count). The summed E-state index contributed by atoms with van der Waals surface area (Å²) in [7, 11) is 0. The number of nitrogens with two attached hydrogens (primary N) is 1. The van der Waals surface area contributed by atoms with Gasteiger partial charge >= 0.3 is 5.97 Å². The van der Waals surface area contributed by atoms with Crippen LogP contribution in [0.25, 0.3) is 0 Å². The van der Waals surface area contributed by atoms with E-state index >= 15 is 0 Å². The van der Waals surface area contributed by atoms with Gasteiger partial charge in [0, 0.05) is 5.75 Å². The zero-order valence-corrected chi connectivity index (χ0v) is 14.6. The van der Waals surface area contributed by atoms with Crippen LogP contribution in [0.15, 0.2) is 24.3 Å². The van der Waals surface area contributed by atoms with Gasteiger partial charge in [0.05, 0.1) is 6.61 Å². The first-order valence-electron chi connectivity index (χ1n) is 8.19. The number of aliphatic carboxylic acids is 1. The molecule has 5 nitrogen and oxygen atoms in total. The highest BCUT2D eigenvalue weighted by Crippen LogP contribution is 2.15. The maximum Gasteiger partial charge on any atom is 0.321 e. The number of hydrogen-bond donors (Lipinski definition) is 3. The van der Waals surface area contributed by atoms with Gasteiger partial charge in [-0.3, -0.25) is 4.79 Å². The molecule has 23 heavy (non-hydrogen) atoms. The van der Waals surface area contributed by atoms with Crippen LogP contribution in [0.5, 0.6) is 5.75 Å². The molecule has 4 N–H and O–H groups in total. The molecule has 130 valence electrons. The van der Waals surface area contributed by atoms with Gasteiger partial charge in [0.25, 0.3) is 0 Å². The van der Waals surface area contributed by atoms with E-state index in [1.54, 1.807) is 0 Å². The molecular formula is C17H28N2O3S. The summed E-state index contributed by atoms with van der Waals surface area (Å²) in [5.74, 6) is 0.912. The van der Waals surface area contributed by atoms with E-state index < -0.39 is 12.0 Å². The average molecular weight is 340 g/mol. The topological polar surface area (TPSA) is 84.6 Å². The molecule has 0 aliphatic heterocycles. The second-order valence-corrected chi connectivity index (χ2v) is 6.34. The molecule has 0 amide bonds. The smallest absolute Gasteiger partial charge is 0.321 e. The van der Waals surface area contributed by atoms with E-state index in [-0.39, 0.29) is 0 Å². The van der Waals surface area contributed by atoms with Crippen molar-refractivity contribution in [2.45, 2.75) is 45.1 Å². The van der Waals surface area contributed by atoms with Gasteiger partial charge < -0.3 is 15.6 Å². The normalized spacial score (nSPS) is 12.1. The number of carboxylic acids is 1. The Labute approximate surface area is 143 Å². The van der Waals surface area contributed by atoms with E-state index in [2.05, 4.69) is 11.6 Å². The molecule has 0 bridgehead atoms. The van der Waals surface area contributed by atoms with Crippen LogP contribution in [-0.2, 0) is 11.2 Å². The van der Waals surface area contributed by atoms with Crippen molar-refractivity contribution in [2.75, 3.05) is 18.9 Å². The monoisotopic (exact) mass is 340 g/mol. The summed E-state index contributed by atoms with van der Waals surface area (Å²) in [6, 6.07) is 7.05. The molecule has 1 atom stereocenters. The minimum absolute atomic E-state index is 0.460. The SMILES string of the molecule is CCCCSN[C@H](Cc1ccc(OCCCCN)cc1)C(=O)O. The Morgan fingerprint density at radius 1 is 1.30 bits per heavy atom. The van der Waals surface area contributed by atoms with E-state index in [4.69, 9.17) is 10.5 Å². The summed E-state index contributed by atoms with van der Waals surface area (Å²) in [6.45, 7) is 3.46. The summed E-state index contributed by atoms with van der Waals surface area (Å²) >= 11 is 1.49. The third kappa shape index (κ3) is 8.83. The summed E-state index contributed by atoms with van der Waals surface area (Å²) in [6.07, 6.45) is 4.55. The molecule has 0 radical (unpaired) electrons. The predicted molar refractivity (Wildman–Crippen MR) is 95.9 cm³/mol. The van der Waals surface area contributed by atoms with E-state index in [0.29, 0.717) is 19.6 Å². The van der Waals surface area contributed by atoms with Crippen LogP contribution in [-0.4, -0.2) is 36.0 Å². The second kappa shape index (κ2) is 12.2. The van der Waals surface area contributed by atoms with E-state index in [0.717, 1.165) is 42.7 Å². The fourth-order valence-electron chi connectivity index (χ4n) is 1.95. The fourth-order valence-corrected chi connectivity index (χ4v) is 2.89. The number of carbonyl (C=O) groups is 1. The number of unbranched alkanes of at least 4 members (excludes halogenated alkanes) is 2. The van der Waals surface area contributed by atoms with Gasteiger partial charge in [0.15, 0.2) is 0 Å². The Morgan fingerprint density at radius 2 is 2.04 bits per heavy atom. The largest absolute Gasteiger partial charge is 0.494 e. The molecule has 0 saturated heterocycles. The van der Waals surface area contributed by atoms with Gasteiger partial charge in [0.1, 0.15) is 11.8 Å². The first kappa shape index (κ1) is 19.8. The Balaban J connectivity index is 2.42. The van der Waals surface area contributed by atoms with Crippen molar-refractivity contribution in [3.05, 3.63) is 29.8 Å². The average Bonchev–Trinajstić information content (AvgIpc) is 2.55. The van der Waals surface area contributed by atoms with Crippen molar-refractivity contribution in [2.24, 2.45) is 5.73 Å². The van der Waals surface area contributed by atoms with Crippen LogP contribution in [0.4, 0.5) is 0 Å². The summed E-state index contributed by atoms with van der Waals surface area (Å²) < 4.78 is 8.66. The van der Waals surface area contributed by atoms with Crippen molar-refractivity contribution in [3.63, 3.8) is 0 Å². The highest BCUT2D eigenvalue weighted by Gasteiger charge is 2.17. The summed E-state index contributed by atoms with van der Waals surface area (Å²) in [5.41, 5.74) is 6.42. The van der Waals surface area contributed by atoms with Gasteiger partial charge in [-0.25, -0.2) is 4.72 Å². The minimum Gasteiger partial charge on any atom is -0.494 e. The molecule has 0 aliphatic rings. The van der Waals surface area contributed by atoms with E-state index in [1.807, 2.05) is 24.3 Å². The quantitative estimate of drug-likeness (QED) is 0.378.